The van der Waals surface area contributed by atoms with Crippen LogP contribution < -0.4 is 5.73 Å². The summed E-state index contributed by atoms with van der Waals surface area (Å²) >= 11 is 1.48. The summed E-state index contributed by atoms with van der Waals surface area (Å²) in [5, 5.41) is 0. The van der Waals surface area contributed by atoms with Crippen LogP contribution in [-0.2, 0) is 12.7 Å². The van der Waals surface area contributed by atoms with Gasteiger partial charge in [0.25, 0.3) is 0 Å². The lowest BCUT2D eigenvalue weighted by atomic mass is 10.2. The molecule has 21 heavy (non-hydrogen) atoms. The molecule has 2 aromatic heterocycles. The van der Waals surface area contributed by atoms with E-state index >= 15 is 0 Å². The van der Waals surface area contributed by atoms with Crippen molar-refractivity contribution in [2.75, 3.05) is 5.73 Å². The van der Waals surface area contributed by atoms with Crippen molar-refractivity contribution in [3.63, 3.8) is 0 Å². The minimum atomic E-state index is -4.39. The number of benzene rings is 1. The lowest BCUT2D eigenvalue weighted by Crippen LogP contribution is -2.05. The highest BCUT2D eigenvalue weighted by molar-refractivity contribution is 7.09. The first-order valence-corrected chi connectivity index (χ1v) is 6.96. The third-order valence-corrected chi connectivity index (χ3v) is 4.17. The Morgan fingerprint density at radius 3 is 2.71 bits per heavy atom. The molecule has 3 rings (SSSR count). The molecular formula is C13H11F3N4S. The fraction of sp³-hybridized carbons (Fsp3) is 0.231. The molecule has 110 valence electrons. The van der Waals surface area contributed by atoms with Gasteiger partial charge < -0.3 is 10.3 Å². The molecule has 0 saturated heterocycles. The number of nitrogen functional groups attached to an aromatic ring is 1. The normalized spacial score (nSPS) is 12.2. The molecule has 2 heterocycles. The van der Waals surface area contributed by atoms with Crippen molar-refractivity contribution < 1.29 is 13.2 Å². The highest BCUT2D eigenvalue weighted by Crippen LogP contribution is 2.32. The van der Waals surface area contributed by atoms with E-state index in [-0.39, 0.29) is 11.5 Å². The van der Waals surface area contributed by atoms with E-state index in [4.69, 9.17) is 5.73 Å². The Hall–Kier alpha value is -2.09. The van der Waals surface area contributed by atoms with Gasteiger partial charge in [-0.1, -0.05) is 0 Å². The van der Waals surface area contributed by atoms with Crippen molar-refractivity contribution in [2.24, 2.45) is 0 Å². The third-order valence-electron chi connectivity index (χ3n) is 3.25. The van der Waals surface area contributed by atoms with Crippen molar-refractivity contribution in [1.82, 2.24) is 14.5 Å². The molecule has 0 spiro atoms. The second-order valence-electron chi connectivity index (χ2n) is 4.62. The molecular weight excluding hydrogens is 301 g/mol. The van der Waals surface area contributed by atoms with Crippen LogP contribution in [0.1, 0.15) is 16.1 Å². The predicted octanol–water partition coefficient (Wildman–Crippen LogP) is 3.45. The summed E-state index contributed by atoms with van der Waals surface area (Å²) in [7, 11) is 0. The largest absolute Gasteiger partial charge is 0.416 e. The van der Waals surface area contributed by atoms with Crippen molar-refractivity contribution in [1.29, 1.82) is 0 Å². The number of halogens is 3. The fourth-order valence-corrected chi connectivity index (χ4v) is 2.88. The molecule has 0 fully saturated rings. The number of nitrogens with zero attached hydrogens (tertiary/aromatic N) is 3. The molecule has 0 radical (unpaired) electrons. The Labute approximate surface area is 122 Å². The molecule has 0 atom stereocenters. The van der Waals surface area contributed by atoms with E-state index in [2.05, 4.69) is 9.97 Å². The topological polar surface area (TPSA) is 56.7 Å². The van der Waals surface area contributed by atoms with Crippen LogP contribution >= 0.6 is 11.3 Å². The monoisotopic (exact) mass is 312 g/mol. The van der Waals surface area contributed by atoms with Gasteiger partial charge in [0.1, 0.15) is 0 Å². The molecule has 3 aromatic rings. The fourth-order valence-electron chi connectivity index (χ4n) is 2.11. The number of aromatic nitrogens is 3. The van der Waals surface area contributed by atoms with Gasteiger partial charge in [0.05, 0.1) is 34.3 Å². The summed E-state index contributed by atoms with van der Waals surface area (Å²) in [6.07, 6.45) is -4.39. The van der Waals surface area contributed by atoms with Gasteiger partial charge in [0.2, 0.25) is 5.95 Å². The zero-order valence-electron chi connectivity index (χ0n) is 11.0. The van der Waals surface area contributed by atoms with Crippen LogP contribution in [0.15, 0.2) is 23.7 Å². The molecule has 1 aromatic carbocycles. The molecule has 0 aliphatic carbocycles. The summed E-state index contributed by atoms with van der Waals surface area (Å²) in [5.41, 5.74) is 8.53. The number of hydrogen-bond acceptors (Lipinski definition) is 4. The standard InChI is InChI=1S/C13H11F3N4S/c1-7-11(21-6-18-7)5-20-10-3-2-8(13(14,15)16)4-9(10)19-12(20)17/h2-4,6H,5H2,1H3,(H2,17,19). The Bertz CT molecular complexity index is 803. The van der Waals surface area contributed by atoms with Gasteiger partial charge in [-0.25, -0.2) is 9.97 Å². The maximum Gasteiger partial charge on any atom is 0.416 e. The molecule has 4 nitrogen and oxygen atoms in total. The lowest BCUT2D eigenvalue weighted by molar-refractivity contribution is -0.137. The molecule has 0 amide bonds. The van der Waals surface area contributed by atoms with Crippen molar-refractivity contribution in [3.05, 3.63) is 39.8 Å². The van der Waals surface area contributed by atoms with E-state index in [1.807, 2.05) is 6.92 Å². The first-order chi connectivity index (χ1) is 9.86. The van der Waals surface area contributed by atoms with Crippen molar-refractivity contribution >= 4 is 28.3 Å². The lowest BCUT2D eigenvalue weighted by Gasteiger charge is -2.07. The van der Waals surface area contributed by atoms with E-state index < -0.39 is 11.7 Å². The van der Waals surface area contributed by atoms with Gasteiger partial charge in [-0.15, -0.1) is 11.3 Å². The Balaban J connectivity index is 2.08. The second-order valence-corrected chi connectivity index (χ2v) is 5.56. The number of alkyl halides is 3. The number of rotatable bonds is 2. The molecule has 8 heteroatoms. The maximum absolute atomic E-state index is 12.7. The molecule has 0 aliphatic heterocycles. The van der Waals surface area contributed by atoms with Crippen LogP contribution in [0, 0.1) is 6.92 Å². The summed E-state index contributed by atoms with van der Waals surface area (Å²) in [6, 6.07) is 3.46. The smallest absolute Gasteiger partial charge is 0.369 e. The highest BCUT2D eigenvalue weighted by Gasteiger charge is 2.31. The summed E-state index contributed by atoms with van der Waals surface area (Å²) in [4.78, 5) is 9.17. The van der Waals surface area contributed by atoms with Crippen LogP contribution in [0.25, 0.3) is 11.0 Å². The minimum absolute atomic E-state index is 0.192. The van der Waals surface area contributed by atoms with Gasteiger partial charge >= 0.3 is 6.18 Å². The van der Waals surface area contributed by atoms with E-state index in [0.29, 0.717) is 12.1 Å². The van der Waals surface area contributed by atoms with E-state index in [9.17, 15) is 13.2 Å². The van der Waals surface area contributed by atoms with Crippen LogP contribution in [0.3, 0.4) is 0 Å². The second kappa shape index (κ2) is 4.73. The predicted molar refractivity (Wildman–Crippen MR) is 75.1 cm³/mol. The molecule has 0 unspecified atom stereocenters. The summed E-state index contributed by atoms with van der Waals surface area (Å²) < 4.78 is 39.8. The van der Waals surface area contributed by atoms with Crippen LogP contribution in [0.4, 0.5) is 19.1 Å². The van der Waals surface area contributed by atoms with Crippen molar-refractivity contribution in [2.45, 2.75) is 19.6 Å². The first kappa shape index (κ1) is 13.9. The number of nitrogens with two attached hydrogens (primary N) is 1. The van der Waals surface area contributed by atoms with Gasteiger partial charge in [-0.05, 0) is 25.1 Å². The average molecular weight is 312 g/mol. The molecule has 0 aliphatic rings. The number of thiazole rings is 1. The number of anilines is 1. The highest BCUT2D eigenvalue weighted by atomic mass is 32.1. The maximum atomic E-state index is 12.7. The summed E-state index contributed by atoms with van der Waals surface area (Å²) in [5.74, 6) is 0.192. The Morgan fingerprint density at radius 1 is 1.33 bits per heavy atom. The molecule has 0 bridgehead atoms. The van der Waals surface area contributed by atoms with E-state index in [0.717, 1.165) is 22.7 Å². The average Bonchev–Trinajstić information content (AvgIpc) is 2.93. The minimum Gasteiger partial charge on any atom is -0.369 e. The Kier molecular flexibility index (Phi) is 3.12. The number of fused-ring (bicyclic) bond motifs is 1. The van der Waals surface area contributed by atoms with Crippen LogP contribution in [-0.4, -0.2) is 14.5 Å². The number of imidazole rings is 1. The zero-order chi connectivity index (χ0) is 15.2. The van der Waals surface area contributed by atoms with E-state index in [1.165, 1.54) is 17.4 Å². The first-order valence-electron chi connectivity index (χ1n) is 6.08. The van der Waals surface area contributed by atoms with Crippen molar-refractivity contribution in [3.8, 4) is 0 Å². The van der Waals surface area contributed by atoms with E-state index in [1.54, 1.807) is 10.1 Å². The van der Waals surface area contributed by atoms with Gasteiger partial charge in [-0.2, -0.15) is 13.2 Å². The van der Waals surface area contributed by atoms with Crippen LogP contribution in [0.2, 0.25) is 0 Å². The summed E-state index contributed by atoms with van der Waals surface area (Å²) in [6.45, 7) is 2.33. The van der Waals surface area contributed by atoms with Gasteiger partial charge in [-0.3, -0.25) is 0 Å². The molecule has 0 saturated carbocycles. The zero-order valence-corrected chi connectivity index (χ0v) is 11.8. The SMILES string of the molecule is Cc1ncsc1Cn1c(N)nc2cc(C(F)(F)F)ccc21. The van der Waals surface area contributed by atoms with Gasteiger partial charge in [0.15, 0.2) is 0 Å². The quantitative estimate of drug-likeness (QED) is 0.788. The number of aryl methyl sites for hydroxylation is 1. The van der Waals surface area contributed by atoms with Crippen LogP contribution in [0.5, 0.6) is 0 Å². The molecule has 2 N–H and O–H groups in total. The van der Waals surface area contributed by atoms with Gasteiger partial charge in [0, 0.05) is 4.88 Å². The Morgan fingerprint density at radius 2 is 2.10 bits per heavy atom. The number of hydrogen-bond donors (Lipinski definition) is 1. The third kappa shape index (κ3) is 2.46.